The van der Waals surface area contributed by atoms with E-state index in [1.807, 2.05) is 31.2 Å². The summed E-state index contributed by atoms with van der Waals surface area (Å²) in [6, 6.07) is 10.9. The molecule has 0 radical (unpaired) electrons. The van der Waals surface area contributed by atoms with Gasteiger partial charge in [-0.1, -0.05) is 24.3 Å². The fourth-order valence-corrected chi connectivity index (χ4v) is 4.41. The van der Waals surface area contributed by atoms with Crippen LogP contribution in [-0.4, -0.2) is 58.0 Å². The van der Waals surface area contributed by atoms with Crippen LogP contribution < -0.4 is 5.32 Å². The lowest BCUT2D eigenvalue weighted by atomic mass is 9.74. The van der Waals surface area contributed by atoms with E-state index in [1.54, 1.807) is 24.5 Å². The number of pyridine rings is 1. The lowest BCUT2D eigenvalue weighted by Crippen LogP contribution is -2.52. The highest BCUT2D eigenvalue weighted by Crippen LogP contribution is 2.42. The first-order chi connectivity index (χ1) is 14.9. The molecule has 0 aliphatic carbocycles. The maximum absolute atomic E-state index is 13.7. The number of nitrogens with zero attached hydrogens (tertiary/aromatic N) is 3. The van der Waals surface area contributed by atoms with Crippen LogP contribution in [0, 0.1) is 6.92 Å². The normalized spacial score (nSPS) is 21.4. The van der Waals surface area contributed by atoms with Crippen LogP contribution in [0.1, 0.15) is 29.5 Å². The van der Waals surface area contributed by atoms with E-state index < -0.39 is 5.41 Å². The van der Waals surface area contributed by atoms with E-state index >= 15 is 0 Å². The lowest BCUT2D eigenvalue weighted by molar-refractivity contribution is -0.144. The Morgan fingerprint density at radius 1 is 1.13 bits per heavy atom. The van der Waals surface area contributed by atoms with Gasteiger partial charge in [-0.2, -0.15) is 0 Å². The van der Waals surface area contributed by atoms with Crippen molar-refractivity contribution in [3.63, 3.8) is 0 Å². The van der Waals surface area contributed by atoms with Gasteiger partial charge in [-0.3, -0.25) is 29.1 Å². The Balaban J connectivity index is 1.69. The van der Waals surface area contributed by atoms with Gasteiger partial charge < -0.3 is 10.2 Å². The largest absolute Gasteiger partial charge is 0.353 e. The topological polar surface area (TPSA) is 99.7 Å². The Morgan fingerprint density at radius 2 is 1.87 bits per heavy atom. The molecule has 160 valence electrons. The summed E-state index contributed by atoms with van der Waals surface area (Å²) in [4.78, 5) is 58.3. The van der Waals surface area contributed by atoms with Gasteiger partial charge in [0.15, 0.2) is 0 Å². The van der Waals surface area contributed by atoms with Gasteiger partial charge in [0.1, 0.15) is 0 Å². The van der Waals surface area contributed by atoms with Crippen molar-refractivity contribution in [2.24, 2.45) is 0 Å². The lowest BCUT2D eigenvalue weighted by Gasteiger charge is -2.33. The summed E-state index contributed by atoms with van der Waals surface area (Å²) in [6.07, 6.45) is 3.00. The number of amides is 4. The number of piperazine rings is 1. The van der Waals surface area contributed by atoms with Crippen molar-refractivity contribution in [2.75, 3.05) is 19.6 Å². The smallest absolute Gasteiger partial charge is 0.241 e. The average Bonchev–Trinajstić information content (AvgIpc) is 2.99. The molecule has 1 aromatic heterocycles. The van der Waals surface area contributed by atoms with Crippen molar-refractivity contribution in [1.29, 1.82) is 0 Å². The van der Waals surface area contributed by atoms with Crippen LogP contribution in [0.4, 0.5) is 0 Å². The highest BCUT2D eigenvalue weighted by molar-refractivity contribution is 6.11. The fourth-order valence-electron chi connectivity index (χ4n) is 4.41. The van der Waals surface area contributed by atoms with Gasteiger partial charge in [0.2, 0.25) is 23.6 Å². The van der Waals surface area contributed by atoms with E-state index in [1.165, 1.54) is 9.80 Å². The quantitative estimate of drug-likeness (QED) is 0.726. The number of rotatable bonds is 5. The summed E-state index contributed by atoms with van der Waals surface area (Å²) in [7, 11) is 0. The van der Waals surface area contributed by atoms with E-state index in [4.69, 9.17) is 0 Å². The number of likely N-dealkylation sites (tertiary alicyclic amines) is 1. The Hall–Kier alpha value is -3.55. The zero-order valence-electron chi connectivity index (χ0n) is 17.3. The highest BCUT2D eigenvalue weighted by atomic mass is 16.2. The molecule has 1 atom stereocenters. The molecule has 31 heavy (non-hydrogen) atoms. The van der Waals surface area contributed by atoms with Crippen LogP contribution >= 0.6 is 0 Å². The Labute approximate surface area is 180 Å². The van der Waals surface area contributed by atoms with Gasteiger partial charge in [-0.05, 0) is 35.7 Å². The molecule has 0 saturated carbocycles. The summed E-state index contributed by atoms with van der Waals surface area (Å²) in [5.41, 5.74) is 1.04. The third kappa shape index (κ3) is 3.93. The molecule has 2 saturated heterocycles. The minimum absolute atomic E-state index is 0.0362. The molecule has 4 amide bonds. The number of imide groups is 1. The van der Waals surface area contributed by atoms with Crippen LogP contribution in [0.25, 0.3) is 0 Å². The summed E-state index contributed by atoms with van der Waals surface area (Å²) in [5, 5.41) is 2.69. The number of carbonyl (C=O) groups is 4. The molecule has 2 fully saturated rings. The first-order valence-corrected chi connectivity index (χ1v) is 10.2. The van der Waals surface area contributed by atoms with Crippen LogP contribution in [0.15, 0.2) is 48.8 Å². The Morgan fingerprint density at radius 3 is 2.58 bits per heavy atom. The van der Waals surface area contributed by atoms with Crippen molar-refractivity contribution in [3.8, 4) is 0 Å². The number of nitrogens with one attached hydrogen (secondary N) is 1. The van der Waals surface area contributed by atoms with Gasteiger partial charge in [-0.15, -0.1) is 0 Å². The standard InChI is InChI=1S/C23H24N4O4/c1-16-4-2-3-5-18(16)23(12-20(29)26-11-10-25-19(28)15-26)13-21(30)27(22(23)31)14-17-6-8-24-9-7-17/h2-9H,10-15H2,1H3,(H,25,28). The van der Waals surface area contributed by atoms with Gasteiger partial charge in [0.05, 0.1) is 18.5 Å². The zero-order chi connectivity index (χ0) is 22.0. The molecule has 2 aliphatic heterocycles. The first-order valence-electron chi connectivity index (χ1n) is 10.2. The molecule has 0 bridgehead atoms. The fraction of sp³-hybridized carbons (Fsp3) is 0.348. The minimum Gasteiger partial charge on any atom is -0.353 e. The Bertz CT molecular complexity index is 1040. The second-order valence-corrected chi connectivity index (χ2v) is 8.06. The average molecular weight is 420 g/mol. The number of aryl methyl sites for hydroxylation is 1. The second kappa shape index (κ2) is 8.29. The second-order valence-electron chi connectivity index (χ2n) is 8.06. The number of carbonyl (C=O) groups excluding carboxylic acids is 4. The molecule has 2 aromatic rings. The van der Waals surface area contributed by atoms with Crippen LogP contribution in [0.5, 0.6) is 0 Å². The molecule has 1 unspecified atom stereocenters. The van der Waals surface area contributed by atoms with Gasteiger partial charge in [0, 0.05) is 38.3 Å². The van der Waals surface area contributed by atoms with E-state index in [0.717, 1.165) is 11.1 Å². The molecule has 1 N–H and O–H groups in total. The van der Waals surface area contributed by atoms with Crippen LogP contribution in [-0.2, 0) is 31.1 Å². The molecular weight excluding hydrogens is 396 g/mol. The number of hydrogen-bond donors (Lipinski definition) is 1. The van der Waals surface area contributed by atoms with Crippen molar-refractivity contribution in [3.05, 3.63) is 65.5 Å². The number of hydrogen-bond acceptors (Lipinski definition) is 5. The van der Waals surface area contributed by atoms with Crippen molar-refractivity contribution in [1.82, 2.24) is 20.1 Å². The number of benzene rings is 1. The van der Waals surface area contributed by atoms with Crippen molar-refractivity contribution in [2.45, 2.75) is 31.7 Å². The third-order valence-corrected chi connectivity index (χ3v) is 6.00. The minimum atomic E-state index is -1.28. The molecule has 2 aliphatic rings. The summed E-state index contributed by atoms with van der Waals surface area (Å²) >= 11 is 0. The molecule has 0 spiro atoms. The maximum atomic E-state index is 13.7. The van der Waals surface area contributed by atoms with Gasteiger partial charge in [-0.25, -0.2) is 0 Å². The number of aromatic nitrogens is 1. The molecule has 1 aromatic carbocycles. The van der Waals surface area contributed by atoms with Crippen molar-refractivity contribution < 1.29 is 19.2 Å². The SMILES string of the molecule is Cc1ccccc1C1(CC(=O)N2CCNC(=O)C2)CC(=O)N(Cc2ccncc2)C1=O. The molecule has 3 heterocycles. The zero-order valence-corrected chi connectivity index (χ0v) is 17.3. The molecular formula is C23H24N4O4. The van der Waals surface area contributed by atoms with Gasteiger partial charge >= 0.3 is 0 Å². The molecule has 8 nitrogen and oxygen atoms in total. The summed E-state index contributed by atoms with van der Waals surface area (Å²) in [6.45, 7) is 2.74. The predicted octanol–water partition coefficient (Wildman–Crippen LogP) is 0.935. The first kappa shape index (κ1) is 20.7. The molecule has 4 rings (SSSR count). The van der Waals surface area contributed by atoms with Crippen LogP contribution in [0.3, 0.4) is 0 Å². The van der Waals surface area contributed by atoms with E-state index in [9.17, 15) is 19.2 Å². The molecule has 8 heteroatoms. The van der Waals surface area contributed by atoms with Gasteiger partial charge in [0.25, 0.3) is 0 Å². The summed E-state index contributed by atoms with van der Waals surface area (Å²) in [5.74, 6) is -1.21. The maximum Gasteiger partial charge on any atom is 0.241 e. The van der Waals surface area contributed by atoms with Crippen molar-refractivity contribution >= 4 is 23.6 Å². The highest BCUT2D eigenvalue weighted by Gasteiger charge is 2.54. The monoisotopic (exact) mass is 420 g/mol. The van der Waals surface area contributed by atoms with E-state index in [2.05, 4.69) is 10.3 Å². The predicted molar refractivity (Wildman–Crippen MR) is 111 cm³/mol. The summed E-state index contributed by atoms with van der Waals surface area (Å²) < 4.78 is 0. The van der Waals surface area contributed by atoms with E-state index in [0.29, 0.717) is 18.7 Å². The Kier molecular flexibility index (Phi) is 5.54. The third-order valence-electron chi connectivity index (χ3n) is 6.00. The van der Waals surface area contributed by atoms with Crippen LogP contribution in [0.2, 0.25) is 0 Å². The van der Waals surface area contributed by atoms with E-state index in [-0.39, 0.29) is 49.6 Å².